The molecule has 1 aliphatic heterocycles. The minimum absolute atomic E-state index is 0. The van der Waals surface area contributed by atoms with Gasteiger partial charge >= 0.3 is 21.1 Å². The molecule has 9 heteroatoms. The van der Waals surface area contributed by atoms with Gasteiger partial charge in [0.2, 0.25) is 0 Å². The summed E-state index contributed by atoms with van der Waals surface area (Å²) < 4.78 is 0. The second-order valence-electron chi connectivity index (χ2n) is 3.17. The van der Waals surface area contributed by atoms with Gasteiger partial charge in [-0.2, -0.15) is 0 Å². The summed E-state index contributed by atoms with van der Waals surface area (Å²) in [4.78, 5) is 18.0. The first-order chi connectivity index (χ1) is 7.93. The first-order valence-electron chi connectivity index (χ1n) is 5.01. The van der Waals surface area contributed by atoms with Crippen LogP contribution in [-0.4, -0.2) is 54.5 Å². The molecule has 1 saturated heterocycles. The number of aliphatic hydroxyl groups excluding tert-OH is 2. The van der Waals surface area contributed by atoms with Gasteiger partial charge in [0.05, 0.1) is 25.2 Å². The van der Waals surface area contributed by atoms with Crippen molar-refractivity contribution in [3.8, 4) is 0 Å². The Bertz CT molecular complexity index is 197. The summed E-state index contributed by atoms with van der Waals surface area (Å²) in [6.45, 7) is 0.397. The molecule has 1 atom stereocenters. The summed E-state index contributed by atoms with van der Waals surface area (Å²) in [5.41, 5.74) is 5.57. The van der Waals surface area contributed by atoms with E-state index in [9.17, 15) is 0 Å². The number of carbonyl (C=O) groups excluding carboxylic acids is 2. The maximum atomic E-state index is 9.01. The van der Waals surface area contributed by atoms with Crippen molar-refractivity contribution in [1.29, 1.82) is 0 Å². The molecule has 110 valence electrons. The van der Waals surface area contributed by atoms with Gasteiger partial charge < -0.3 is 41.1 Å². The molecular formula is C9H18N2O6Pt. The predicted octanol–water partition coefficient (Wildman–Crippen LogP) is -4.85. The van der Waals surface area contributed by atoms with Crippen molar-refractivity contribution in [3.63, 3.8) is 0 Å². The molecule has 0 bridgehead atoms. The molecule has 0 aromatic rings. The first-order valence-corrected chi connectivity index (χ1v) is 5.01. The van der Waals surface area contributed by atoms with Gasteiger partial charge in [-0.25, -0.2) is 0 Å². The SMILES string of the molecule is NC1CCCNC1.O=C([O-])CO.O=C([O-])CO.[Pt+2]. The topological polar surface area (TPSA) is 159 Å². The van der Waals surface area contributed by atoms with Crippen LogP contribution in [0.5, 0.6) is 0 Å². The summed E-state index contributed by atoms with van der Waals surface area (Å²) >= 11 is 0. The van der Waals surface area contributed by atoms with E-state index in [0.717, 1.165) is 13.1 Å². The molecule has 0 aromatic heterocycles. The summed E-state index contributed by atoms with van der Waals surface area (Å²) in [5, 5.41) is 36.2. The summed E-state index contributed by atoms with van der Waals surface area (Å²) in [6, 6.07) is 0.425. The molecule has 8 nitrogen and oxygen atoms in total. The Hall–Kier alpha value is -0.532. The Morgan fingerprint density at radius 3 is 1.72 bits per heavy atom. The summed E-state index contributed by atoms with van der Waals surface area (Å²) in [6.07, 6.45) is 2.45. The molecule has 18 heavy (non-hydrogen) atoms. The molecule has 1 heterocycles. The smallest absolute Gasteiger partial charge is 0.548 e. The number of aliphatic carboxylic acids is 2. The van der Waals surface area contributed by atoms with Crippen molar-refractivity contribution < 1.29 is 51.1 Å². The molecule has 0 aliphatic carbocycles. The van der Waals surface area contributed by atoms with Crippen molar-refractivity contribution in [2.75, 3.05) is 26.3 Å². The average molecular weight is 445 g/mol. The van der Waals surface area contributed by atoms with Crippen LogP contribution in [0.15, 0.2) is 0 Å². The van der Waals surface area contributed by atoms with Gasteiger partial charge in [-0.3, -0.25) is 0 Å². The normalized spacial score (nSPS) is 16.9. The number of aliphatic hydroxyl groups is 2. The van der Waals surface area contributed by atoms with Crippen LogP contribution in [0.25, 0.3) is 0 Å². The monoisotopic (exact) mass is 445 g/mol. The number of carboxylic acids is 2. The van der Waals surface area contributed by atoms with Crippen molar-refractivity contribution in [2.24, 2.45) is 5.73 Å². The zero-order valence-electron chi connectivity index (χ0n) is 9.74. The van der Waals surface area contributed by atoms with Gasteiger partial charge in [-0.05, 0) is 19.4 Å². The second kappa shape index (κ2) is 16.5. The van der Waals surface area contributed by atoms with Crippen molar-refractivity contribution in [3.05, 3.63) is 0 Å². The molecule has 5 N–H and O–H groups in total. The van der Waals surface area contributed by atoms with Gasteiger partial charge in [0.15, 0.2) is 0 Å². The number of nitrogens with one attached hydrogen (secondary N) is 1. The van der Waals surface area contributed by atoms with Crippen LogP contribution in [0, 0.1) is 0 Å². The fourth-order valence-electron chi connectivity index (χ4n) is 0.879. The standard InChI is InChI=1S/C5H12N2.2C2H4O3.Pt/c6-5-2-1-3-7-4-5;2*3-1-2(4)5;/h5,7H,1-4,6H2;2*3H,1H2,(H,4,5);/q;;;+2/p-2. The number of carboxylic acid groups (broad SMARTS) is 2. The van der Waals surface area contributed by atoms with E-state index in [2.05, 4.69) is 5.32 Å². The predicted molar refractivity (Wildman–Crippen MR) is 54.3 cm³/mol. The first kappa shape index (κ1) is 22.6. The van der Waals surface area contributed by atoms with E-state index in [1.54, 1.807) is 0 Å². The van der Waals surface area contributed by atoms with Crippen LogP contribution in [0.3, 0.4) is 0 Å². The van der Waals surface area contributed by atoms with E-state index in [1.807, 2.05) is 0 Å². The quantitative estimate of drug-likeness (QED) is 0.330. The minimum atomic E-state index is -1.44. The molecular weight excluding hydrogens is 427 g/mol. The molecule has 1 rings (SSSR count). The number of hydrogen-bond donors (Lipinski definition) is 4. The van der Waals surface area contributed by atoms with Gasteiger partial charge in [-0.15, -0.1) is 0 Å². The van der Waals surface area contributed by atoms with Gasteiger partial charge in [0.1, 0.15) is 0 Å². The second-order valence-corrected chi connectivity index (χ2v) is 3.17. The van der Waals surface area contributed by atoms with E-state index in [4.69, 9.17) is 35.7 Å². The van der Waals surface area contributed by atoms with Crippen LogP contribution in [0.2, 0.25) is 0 Å². The maximum absolute atomic E-state index is 9.01. The van der Waals surface area contributed by atoms with Crippen LogP contribution >= 0.6 is 0 Å². The van der Waals surface area contributed by atoms with Gasteiger partial charge in [0, 0.05) is 12.6 Å². The van der Waals surface area contributed by atoms with Crippen molar-refractivity contribution in [1.82, 2.24) is 5.32 Å². The molecule has 0 radical (unpaired) electrons. The number of rotatable bonds is 2. The Labute approximate surface area is 119 Å². The third kappa shape index (κ3) is 24.6. The van der Waals surface area contributed by atoms with Crippen molar-refractivity contribution in [2.45, 2.75) is 18.9 Å². The van der Waals surface area contributed by atoms with Gasteiger partial charge in [-0.1, -0.05) is 0 Å². The molecule has 0 aromatic carbocycles. The Morgan fingerprint density at radius 2 is 1.61 bits per heavy atom. The number of nitrogens with two attached hydrogens (primary N) is 1. The number of hydrogen-bond acceptors (Lipinski definition) is 8. The van der Waals surface area contributed by atoms with Crippen LogP contribution in [0.4, 0.5) is 0 Å². The summed E-state index contributed by atoms with van der Waals surface area (Å²) in [7, 11) is 0. The Balaban J connectivity index is -0.000000188. The number of carbonyl (C=O) groups is 2. The fraction of sp³-hybridized carbons (Fsp3) is 0.778. The zero-order valence-corrected chi connectivity index (χ0v) is 12.0. The Morgan fingerprint density at radius 1 is 1.22 bits per heavy atom. The molecule has 1 aliphatic rings. The number of piperidine rings is 1. The molecule has 1 unspecified atom stereocenters. The van der Waals surface area contributed by atoms with E-state index >= 15 is 0 Å². The Kier molecular flexibility index (Phi) is 20.7. The largest absolute Gasteiger partial charge is 2.00 e. The van der Waals surface area contributed by atoms with Crippen LogP contribution in [-0.2, 0) is 30.7 Å². The van der Waals surface area contributed by atoms with E-state index in [0.29, 0.717) is 6.04 Å². The van der Waals surface area contributed by atoms with E-state index < -0.39 is 25.2 Å². The van der Waals surface area contributed by atoms with Crippen LogP contribution in [0.1, 0.15) is 12.8 Å². The third-order valence-corrected chi connectivity index (χ3v) is 1.59. The summed E-state index contributed by atoms with van der Waals surface area (Å²) in [5.74, 6) is -2.88. The third-order valence-electron chi connectivity index (χ3n) is 1.59. The molecule has 1 fully saturated rings. The molecule has 0 spiro atoms. The van der Waals surface area contributed by atoms with Gasteiger partial charge in [0.25, 0.3) is 0 Å². The van der Waals surface area contributed by atoms with Crippen LogP contribution < -0.4 is 21.3 Å². The zero-order chi connectivity index (χ0) is 13.7. The van der Waals surface area contributed by atoms with Crippen molar-refractivity contribution >= 4 is 11.9 Å². The van der Waals surface area contributed by atoms with E-state index in [1.165, 1.54) is 12.8 Å². The fourth-order valence-corrected chi connectivity index (χ4v) is 0.879. The maximum Gasteiger partial charge on any atom is 2.00 e. The minimum Gasteiger partial charge on any atom is -0.548 e. The molecule has 0 saturated carbocycles. The van der Waals surface area contributed by atoms with E-state index in [-0.39, 0.29) is 21.1 Å². The average Bonchev–Trinajstić information content (AvgIpc) is 2.31. The molecule has 0 amide bonds.